The molecule has 34 heavy (non-hydrogen) atoms. The van der Waals surface area contributed by atoms with Crippen LogP contribution in [0.5, 0.6) is 11.5 Å². The molecule has 1 N–H and O–H groups in total. The van der Waals surface area contributed by atoms with Gasteiger partial charge in [0.05, 0.1) is 24.7 Å². The molecule has 4 rings (SSSR count). The maximum atomic E-state index is 12.3. The topological polar surface area (TPSA) is 65.0 Å². The quantitative estimate of drug-likeness (QED) is 0.478. The van der Waals surface area contributed by atoms with Gasteiger partial charge in [0.2, 0.25) is 0 Å². The average Bonchev–Trinajstić information content (AvgIpc) is 2.82. The summed E-state index contributed by atoms with van der Waals surface area (Å²) in [7, 11) is 0. The number of carboxylic acids is 1. The summed E-state index contributed by atoms with van der Waals surface area (Å²) in [5.41, 5.74) is 2.84. The van der Waals surface area contributed by atoms with Crippen molar-refractivity contribution in [2.24, 2.45) is 11.8 Å². The molecule has 1 fully saturated rings. The van der Waals surface area contributed by atoms with Gasteiger partial charge in [0, 0.05) is 11.5 Å². The van der Waals surface area contributed by atoms with Crippen LogP contribution in [0.1, 0.15) is 82.6 Å². The van der Waals surface area contributed by atoms with Crippen molar-refractivity contribution in [2.75, 3.05) is 6.61 Å². The molecule has 5 heteroatoms. The lowest BCUT2D eigenvalue weighted by atomic mass is 9.70. The molecule has 2 aliphatic rings. The highest BCUT2D eigenvalue weighted by Crippen LogP contribution is 2.54. The number of para-hydroxylation sites is 2. The van der Waals surface area contributed by atoms with E-state index in [4.69, 9.17) is 14.2 Å². The minimum absolute atomic E-state index is 0.0276. The molecule has 1 saturated heterocycles. The van der Waals surface area contributed by atoms with Crippen molar-refractivity contribution in [2.45, 2.75) is 84.0 Å². The summed E-state index contributed by atoms with van der Waals surface area (Å²) < 4.78 is 19.1. The van der Waals surface area contributed by atoms with Gasteiger partial charge in [-0.15, -0.1) is 0 Å². The minimum atomic E-state index is -0.795. The number of hydrogen-bond donors (Lipinski definition) is 1. The Bertz CT molecular complexity index is 1010. The number of aliphatic carboxylic acids is 1. The Kier molecular flexibility index (Phi) is 7.22. The van der Waals surface area contributed by atoms with Gasteiger partial charge in [0.1, 0.15) is 17.1 Å². The fraction of sp³-hybridized carbons (Fsp3) is 0.552. The molecule has 0 aromatic heterocycles. The van der Waals surface area contributed by atoms with Crippen molar-refractivity contribution in [3.05, 3.63) is 59.2 Å². The lowest BCUT2D eigenvalue weighted by Crippen LogP contribution is -2.52. The lowest BCUT2D eigenvalue weighted by Gasteiger charge is -2.51. The molecule has 184 valence electrons. The second-order valence-electron chi connectivity index (χ2n) is 10.2. The van der Waals surface area contributed by atoms with Crippen LogP contribution >= 0.6 is 0 Å². The molecule has 0 saturated carbocycles. The number of rotatable bonds is 8. The van der Waals surface area contributed by atoms with Gasteiger partial charge >= 0.3 is 5.97 Å². The number of hydrogen-bond acceptors (Lipinski definition) is 4. The van der Waals surface area contributed by atoms with Crippen LogP contribution in [0, 0.1) is 11.8 Å². The zero-order chi connectivity index (χ0) is 24.5. The molecule has 0 spiro atoms. The molecule has 0 radical (unpaired) electrons. The summed E-state index contributed by atoms with van der Waals surface area (Å²) in [6, 6.07) is 14.3. The average molecular weight is 467 g/mol. The van der Waals surface area contributed by atoms with E-state index in [9.17, 15) is 9.90 Å². The smallest absolute Gasteiger partial charge is 0.309 e. The summed E-state index contributed by atoms with van der Waals surface area (Å²) >= 11 is 0. The summed E-state index contributed by atoms with van der Waals surface area (Å²) in [4.78, 5) is 12.3. The van der Waals surface area contributed by atoms with Crippen molar-refractivity contribution in [1.82, 2.24) is 0 Å². The van der Waals surface area contributed by atoms with E-state index < -0.39 is 17.5 Å². The summed E-state index contributed by atoms with van der Waals surface area (Å²) in [5.74, 6) is 0.779. The standard InChI is InChI=1S/C29H38O5/c1-6-18(3)20-12-10-13-21-26(20)34-29(4,5)23-17-22(28(30)31)25(33-27(21)23)16-15-19-11-8-9-14-24(19)32-7-2/h8-14,18,22-23,25,27H,6-7,15-17H2,1-5H3,(H,30,31)/t18?,22-,23+,25+,27-/m1/s1. The predicted molar refractivity (Wildman–Crippen MR) is 133 cm³/mol. The van der Waals surface area contributed by atoms with Crippen molar-refractivity contribution in [3.8, 4) is 11.5 Å². The molecule has 0 aliphatic carbocycles. The highest BCUT2D eigenvalue weighted by molar-refractivity contribution is 5.71. The van der Waals surface area contributed by atoms with Gasteiger partial charge in [0.25, 0.3) is 0 Å². The summed E-state index contributed by atoms with van der Waals surface area (Å²) in [5, 5.41) is 10.1. The zero-order valence-corrected chi connectivity index (χ0v) is 21.0. The van der Waals surface area contributed by atoms with Gasteiger partial charge in [-0.25, -0.2) is 0 Å². The van der Waals surface area contributed by atoms with Crippen LogP contribution in [-0.2, 0) is 16.0 Å². The first kappa shape index (κ1) is 24.6. The van der Waals surface area contributed by atoms with E-state index in [0.717, 1.165) is 29.0 Å². The normalized spacial score (nSPS) is 26.0. The van der Waals surface area contributed by atoms with Gasteiger partial charge in [0.15, 0.2) is 0 Å². The van der Waals surface area contributed by atoms with Crippen LogP contribution < -0.4 is 9.47 Å². The van der Waals surface area contributed by atoms with E-state index in [1.54, 1.807) is 0 Å². The van der Waals surface area contributed by atoms with E-state index in [0.29, 0.717) is 31.8 Å². The molecule has 0 amide bonds. The Morgan fingerprint density at radius 2 is 1.94 bits per heavy atom. The van der Waals surface area contributed by atoms with Crippen molar-refractivity contribution in [1.29, 1.82) is 0 Å². The van der Waals surface area contributed by atoms with Gasteiger partial charge in [-0.1, -0.05) is 50.2 Å². The molecule has 2 aromatic rings. The SMILES string of the molecule is CCOc1ccccc1CC[C@@H]1O[C@@H]2c3cccc(C(C)CC)c3OC(C)(C)[C@H]2C[C@H]1C(=O)O. The number of carboxylic acid groups (broad SMARTS) is 1. The monoisotopic (exact) mass is 466 g/mol. The van der Waals surface area contributed by atoms with Crippen LogP contribution in [0.15, 0.2) is 42.5 Å². The zero-order valence-electron chi connectivity index (χ0n) is 21.0. The number of carbonyl (C=O) groups is 1. The van der Waals surface area contributed by atoms with Crippen molar-refractivity contribution >= 4 is 5.97 Å². The van der Waals surface area contributed by atoms with Gasteiger partial charge in [-0.2, -0.15) is 0 Å². The first-order chi connectivity index (χ1) is 16.3. The number of ether oxygens (including phenoxy) is 3. The fourth-order valence-corrected chi connectivity index (χ4v) is 5.56. The lowest BCUT2D eigenvalue weighted by molar-refractivity contribution is -0.188. The van der Waals surface area contributed by atoms with Crippen molar-refractivity contribution in [3.63, 3.8) is 0 Å². The van der Waals surface area contributed by atoms with Crippen molar-refractivity contribution < 1.29 is 24.1 Å². The Labute approximate surface area is 203 Å². The second-order valence-corrected chi connectivity index (χ2v) is 10.2. The molecule has 0 bridgehead atoms. The largest absolute Gasteiger partial charge is 0.494 e. The summed E-state index contributed by atoms with van der Waals surface area (Å²) in [6.07, 6.45) is 2.36. The maximum absolute atomic E-state index is 12.3. The van der Waals surface area contributed by atoms with Crippen LogP contribution in [-0.4, -0.2) is 29.4 Å². The molecule has 2 aliphatic heterocycles. The van der Waals surface area contributed by atoms with E-state index in [1.165, 1.54) is 5.56 Å². The third kappa shape index (κ3) is 4.68. The van der Waals surface area contributed by atoms with Gasteiger partial charge in [-0.05, 0) is 69.6 Å². The number of fused-ring (bicyclic) bond motifs is 3. The number of aryl methyl sites for hydroxylation is 1. The highest BCUT2D eigenvalue weighted by atomic mass is 16.5. The Hall–Kier alpha value is -2.53. The van der Waals surface area contributed by atoms with E-state index in [-0.39, 0.29) is 18.1 Å². The maximum Gasteiger partial charge on any atom is 0.309 e. The molecule has 5 nitrogen and oxygen atoms in total. The number of benzene rings is 2. The van der Waals surface area contributed by atoms with Gasteiger partial charge in [-0.3, -0.25) is 4.79 Å². The molecule has 2 heterocycles. The minimum Gasteiger partial charge on any atom is -0.494 e. The van der Waals surface area contributed by atoms with Crippen LogP contribution in [0.25, 0.3) is 0 Å². The molecule has 1 unspecified atom stereocenters. The van der Waals surface area contributed by atoms with Gasteiger partial charge < -0.3 is 19.3 Å². The molecule has 5 atom stereocenters. The van der Waals surface area contributed by atoms with E-state index >= 15 is 0 Å². The van der Waals surface area contributed by atoms with Crippen LogP contribution in [0.2, 0.25) is 0 Å². The third-order valence-electron chi connectivity index (χ3n) is 7.72. The molecular weight excluding hydrogens is 428 g/mol. The molecule has 2 aromatic carbocycles. The van der Waals surface area contributed by atoms with Crippen LogP contribution in [0.4, 0.5) is 0 Å². The third-order valence-corrected chi connectivity index (χ3v) is 7.72. The first-order valence-corrected chi connectivity index (χ1v) is 12.7. The van der Waals surface area contributed by atoms with E-state index in [2.05, 4.69) is 52.0 Å². The Morgan fingerprint density at radius 3 is 2.65 bits per heavy atom. The second kappa shape index (κ2) is 9.99. The van der Waals surface area contributed by atoms with E-state index in [1.807, 2.05) is 25.1 Å². The summed E-state index contributed by atoms with van der Waals surface area (Å²) in [6.45, 7) is 11.1. The fourth-order valence-electron chi connectivity index (χ4n) is 5.56. The first-order valence-electron chi connectivity index (χ1n) is 12.7. The predicted octanol–water partition coefficient (Wildman–Crippen LogP) is 6.55. The highest BCUT2D eigenvalue weighted by Gasteiger charge is 2.52. The Balaban J connectivity index is 1.65. The Morgan fingerprint density at radius 1 is 1.18 bits per heavy atom. The molecular formula is C29H38O5. The van der Waals surface area contributed by atoms with Crippen LogP contribution in [0.3, 0.4) is 0 Å².